The van der Waals surface area contributed by atoms with E-state index in [-0.39, 0.29) is 0 Å². The van der Waals surface area contributed by atoms with Crippen LogP contribution < -0.4 is 10.2 Å². The van der Waals surface area contributed by atoms with E-state index < -0.39 is 0 Å². The summed E-state index contributed by atoms with van der Waals surface area (Å²) in [6.07, 6.45) is 1.48. The molecule has 302 valence electrons. The third-order valence-corrected chi connectivity index (χ3v) is 12.6. The summed E-state index contributed by atoms with van der Waals surface area (Å²) >= 11 is 0. The van der Waals surface area contributed by atoms with Crippen LogP contribution in [0.1, 0.15) is 5.56 Å². The maximum absolute atomic E-state index is 8.70. The number of aromatic nitrogens is 2. The van der Waals surface area contributed by atoms with Gasteiger partial charge in [-0.3, -0.25) is 0 Å². The minimum atomic E-state index is 0.841. The van der Waals surface area contributed by atoms with Crippen LogP contribution in [0.15, 0.2) is 231 Å². The Hall–Kier alpha value is -8.67. The molecule has 12 aromatic rings. The number of para-hydroxylation sites is 4. The van der Waals surface area contributed by atoms with Gasteiger partial charge in [0.15, 0.2) is 0 Å². The van der Waals surface area contributed by atoms with Crippen LogP contribution in [0.25, 0.3) is 76.9 Å². The summed E-state index contributed by atoms with van der Waals surface area (Å²) in [5, 5.41) is 19.5. The van der Waals surface area contributed by atoms with Gasteiger partial charge < -0.3 is 24.8 Å². The number of fused-ring (bicyclic) bond motifs is 7. The van der Waals surface area contributed by atoms with E-state index in [2.05, 4.69) is 244 Å². The molecule has 12 rings (SSSR count). The zero-order valence-corrected chi connectivity index (χ0v) is 34.9. The molecule has 0 aliphatic carbocycles. The molecular formula is C59H41N5. The van der Waals surface area contributed by atoms with E-state index in [0.717, 1.165) is 89.3 Å². The molecule has 0 aliphatic rings. The number of hydrogen-bond acceptors (Lipinski definition) is 3. The van der Waals surface area contributed by atoms with Crippen molar-refractivity contribution in [2.75, 3.05) is 10.2 Å². The third kappa shape index (κ3) is 6.13. The molecule has 0 amide bonds. The second kappa shape index (κ2) is 15.4. The van der Waals surface area contributed by atoms with Crippen molar-refractivity contribution >= 4 is 89.0 Å². The molecule has 0 bridgehead atoms. The van der Waals surface area contributed by atoms with Gasteiger partial charge in [-0.05, 0) is 108 Å². The fourth-order valence-electron chi connectivity index (χ4n) is 9.68. The Morgan fingerprint density at radius 3 is 1.70 bits per heavy atom. The highest BCUT2D eigenvalue weighted by atomic mass is 15.1. The van der Waals surface area contributed by atoms with Gasteiger partial charge in [0.1, 0.15) is 0 Å². The van der Waals surface area contributed by atoms with Crippen molar-refractivity contribution in [3.8, 4) is 22.5 Å². The lowest BCUT2D eigenvalue weighted by Gasteiger charge is -2.27. The van der Waals surface area contributed by atoms with Crippen LogP contribution in [-0.4, -0.2) is 15.3 Å². The topological polar surface area (TPSA) is 49.0 Å². The van der Waals surface area contributed by atoms with E-state index in [0.29, 0.717) is 0 Å². The van der Waals surface area contributed by atoms with Gasteiger partial charge in [0.25, 0.3) is 0 Å². The summed E-state index contributed by atoms with van der Waals surface area (Å²) in [5.74, 6) is 0. The summed E-state index contributed by atoms with van der Waals surface area (Å²) in [6, 6.07) is 81.9. The molecule has 5 nitrogen and oxygen atoms in total. The van der Waals surface area contributed by atoms with Crippen LogP contribution in [-0.2, 0) is 0 Å². The van der Waals surface area contributed by atoms with Crippen molar-refractivity contribution < 1.29 is 0 Å². The van der Waals surface area contributed by atoms with Crippen molar-refractivity contribution in [2.24, 2.45) is 0 Å². The van der Waals surface area contributed by atoms with Crippen LogP contribution in [0.4, 0.5) is 28.4 Å². The highest BCUT2D eigenvalue weighted by Crippen LogP contribution is 2.41. The number of nitrogens with one attached hydrogen (secondary N) is 2. The molecule has 0 spiro atoms. The Bertz CT molecular complexity index is 3690. The lowest BCUT2D eigenvalue weighted by atomic mass is 10.0. The van der Waals surface area contributed by atoms with Crippen LogP contribution in [0.5, 0.6) is 0 Å². The highest BCUT2D eigenvalue weighted by molar-refractivity contribution is 6.16. The normalized spacial score (nSPS) is 11.5. The zero-order chi connectivity index (χ0) is 42.6. The van der Waals surface area contributed by atoms with Crippen molar-refractivity contribution in [2.45, 2.75) is 0 Å². The van der Waals surface area contributed by atoms with E-state index in [1.54, 1.807) is 0 Å². The van der Waals surface area contributed by atoms with E-state index in [9.17, 15) is 0 Å². The fraction of sp³-hybridized carbons (Fsp3) is 0. The molecule has 2 aromatic heterocycles. The molecule has 2 N–H and O–H groups in total. The molecule has 0 fully saturated rings. The Morgan fingerprint density at radius 1 is 0.406 bits per heavy atom. The molecule has 2 heterocycles. The standard InChI is InChI=1S/C59H41N5/c60-39-53-54(36-35-51-49-21-9-12-24-57(49)64(59(51)53)45-18-5-2-6-19-45)61-43-30-37-58-52(38-43)50-22-10-11-23-56(50)63(58)47-33-28-41(29-34-47)40-26-31-46(32-27-40)62(44-16-3-1-4-17-44)55-25-13-15-42-14-7-8-20-48(42)55/h1-39,60-61H. The minimum Gasteiger partial charge on any atom is -0.355 e. The van der Waals surface area contributed by atoms with Crippen molar-refractivity contribution in [1.29, 1.82) is 5.41 Å². The van der Waals surface area contributed by atoms with Gasteiger partial charge in [0.05, 0.1) is 27.8 Å². The summed E-state index contributed by atoms with van der Waals surface area (Å²) in [6.45, 7) is 0. The first-order valence-corrected chi connectivity index (χ1v) is 21.7. The molecule has 0 atom stereocenters. The van der Waals surface area contributed by atoms with Gasteiger partial charge in [-0.1, -0.05) is 140 Å². The van der Waals surface area contributed by atoms with Crippen molar-refractivity contribution in [1.82, 2.24) is 9.13 Å². The lowest BCUT2D eigenvalue weighted by Crippen LogP contribution is -2.10. The summed E-state index contributed by atoms with van der Waals surface area (Å²) in [4.78, 5) is 2.34. The van der Waals surface area contributed by atoms with Gasteiger partial charge in [-0.25, -0.2) is 0 Å². The Balaban J connectivity index is 0.886. The van der Waals surface area contributed by atoms with E-state index >= 15 is 0 Å². The monoisotopic (exact) mass is 819 g/mol. The SMILES string of the molecule is N=Cc1c(Nc2ccc3c(c2)c2ccccc2n3-c2ccc(-c3ccc(N(c4ccccc4)c4cccc5ccccc45)cc3)cc2)ccc2c3ccccc3n(-c3ccccc3)c12. The van der Waals surface area contributed by atoms with Crippen LogP contribution in [0.2, 0.25) is 0 Å². The number of nitrogens with zero attached hydrogens (tertiary/aromatic N) is 3. The summed E-state index contributed by atoms with van der Waals surface area (Å²) in [7, 11) is 0. The molecule has 0 saturated heterocycles. The first kappa shape index (κ1) is 37.1. The Kier molecular flexibility index (Phi) is 8.90. The number of anilines is 5. The average Bonchev–Trinajstić information content (AvgIpc) is 3.88. The van der Waals surface area contributed by atoms with E-state index in [1.807, 2.05) is 6.07 Å². The quantitative estimate of drug-likeness (QED) is 0.143. The molecule has 0 unspecified atom stereocenters. The largest absolute Gasteiger partial charge is 0.355 e. The maximum Gasteiger partial charge on any atom is 0.0649 e. The molecule has 0 saturated carbocycles. The van der Waals surface area contributed by atoms with E-state index in [1.165, 1.54) is 27.8 Å². The Labute approximate surface area is 370 Å². The molecule has 10 aromatic carbocycles. The van der Waals surface area contributed by atoms with Crippen molar-refractivity contribution in [3.05, 3.63) is 236 Å². The molecule has 0 aliphatic heterocycles. The maximum atomic E-state index is 8.70. The second-order valence-electron chi connectivity index (χ2n) is 16.2. The predicted octanol–water partition coefficient (Wildman–Crippen LogP) is 15.9. The second-order valence-corrected chi connectivity index (χ2v) is 16.2. The molecule has 5 heteroatoms. The average molecular weight is 820 g/mol. The van der Waals surface area contributed by atoms with Crippen LogP contribution in [0.3, 0.4) is 0 Å². The van der Waals surface area contributed by atoms with Gasteiger partial charge in [-0.2, -0.15) is 0 Å². The van der Waals surface area contributed by atoms with Gasteiger partial charge in [0, 0.05) is 72.8 Å². The smallest absolute Gasteiger partial charge is 0.0649 e. The van der Waals surface area contributed by atoms with Gasteiger partial charge in [-0.15, -0.1) is 0 Å². The van der Waals surface area contributed by atoms with Crippen molar-refractivity contribution in [3.63, 3.8) is 0 Å². The molecule has 0 radical (unpaired) electrons. The number of hydrogen-bond donors (Lipinski definition) is 2. The van der Waals surface area contributed by atoms with E-state index in [4.69, 9.17) is 5.41 Å². The molecule has 64 heavy (non-hydrogen) atoms. The fourth-order valence-corrected chi connectivity index (χ4v) is 9.68. The van der Waals surface area contributed by atoms with Gasteiger partial charge >= 0.3 is 0 Å². The van der Waals surface area contributed by atoms with Crippen LogP contribution in [0, 0.1) is 5.41 Å². The lowest BCUT2D eigenvalue weighted by molar-refractivity contribution is 1.18. The zero-order valence-electron chi connectivity index (χ0n) is 34.9. The number of rotatable bonds is 9. The first-order valence-electron chi connectivity index (χ1n) is 21.7. The van der Waals surface area contributed by atoms with Crippen LogP contribution >= 0.6 is 0 Å². The minimum absolute atomic E-state index is 0.841. The highest BCUT2D eigenvalue weighted by Gasteiger charge is 2.19. The number of benzene rings is 10. The first-order chi connectivity index (χ1) is 31.7. The van der Waals surface area contributed by atoms with Gasteiger partial charge in [0.2, 0.25) is 0 Å². The molecular weight excluding hydrogens is 779 g/mol. The summed E-state index contributed by atoms with van der Waals surface area (Å²) in [5.41, 5.74) is 15.0. The predicted molar refractivity (Wildman–Crippen MR) is 270 cm³/mol. The third-order valence-electron chi connectivity index (χ3n) is 12.6. The Morgan fingerprint density at radius 2 is 0.969 bits per heavy atom. The summed E-state index contributed by atoms with van der Waals surface area (Å²) < 4.78 is 4.64.